The third-order valence-corrected chi connectivity index (χ3v) is 4.31. The highest BCUT2D eigenvalue weighted by atomic mass is 16.1. The summed E-state index contributed by atoms with van der Waals surface area (Å²) in [5.74, 6) is 0.513. The van der Waals surface area contributed by atoms with Crippen molar-refractivity contribution in [3.8, 4) is 0 Å². The molecule has 126 valence electrons. The van der Waals surface area contributed by atoms with Crippen molar-refractivity contribution in [2.75, 3.05) is 13.6 Å². The first-order chi connectivity index (χ1) is 11.5. The number of nitrogens with zero attached hydrogens (tertiary/aromatic N) is 5. The number of hydrogen-bond donors (Lipinski definition) is 1. The van der Waals surface area contributed by atoms with Crippen LogP contribution in [0, 0.1) is 13.8 Å². The molecule has 24 heavy (non-hydrogen) atoms. The Hall–Kier alpha value is -2.41. The van der Waals surface area contributed by atoms with E-state index in [4.69, 9.17) is 0 Å². The number of aryl methyl sites for hydroxylation is 2. The summed E-state index contributed by atoms with van der Waals surface area (Å²) in [6.45, 7) is 5.18. The van der Waals surface area contributed by atoms with Gasteiger partial charge in [0.2, 0.25) is 0 Å². The summed E-state index contributed by atoms with van der Waals surface area (Å²) in [5, 5.41) is 2.89. The maximum absolute atomic E-state index is 12.2. The molecule has 1 aliphatic rings. The summed E-state index contributed by atoms with van der Waals surface area (Å²) in [5.41, 5.74) is 3.06. The summed E-state index contributed by atoms with van der Waals surface area (Å²) >= 11 is 0. The predicted octanol–water partition coefficient (Wildman–Crippen LogP) is 1.58. The number of carbonyl (C=O) groups excluding carboxylic acids is 1. The van der Waals surface area contributed by atoms with E-state index in [9.17, 15) is 4.79 Å². The second-order valence-electron chi connectivity index (χ2n) is 6.19. The van der Waals surface area contributed by atoms with Gasteiger partial charge in [0, 0.05) is 24.5 Å². The van der Waals surface area contributed by atoms with Crippen LogP contribution in [0.3, 0.4) is 0 Å². The van der Waals surface area contributed by atoms with Crippen LogP contribution in [-0.4, -0.2) is 44.3 Å². The van der Waals surface area contributed by atoms with E-state index in [1.165, 1.54) is 6.20 Å². The summed E-state index contributed by atoms with van der Waals surface area (Å²) in [6, 6.07) is 0.290. The minimum atomic E-state index is -0.242. The Morgan fingerprint density at radius 2 is 2.08 bits per heavy atom. The molecule has 0 bridgehead atoms. The molecule has 0 aromatic carbocycles. The second kappa shape index (κ2) is 7.00. The Morgan fingerprint density at radius 3 is 2.75 bits per heavy atom. The third-order valence-electron chi connectivity index (χ3n) is 4.31. The average Bonchev–Trinajstić information content (AvgIpc) is 3.00. The number of aromatic nitrogens is 4. The lowest BCUT2D eigenvalue weighted by molar-refractivity contribution is 0.0945. The molecule has 1 saturated heterocycles. The van der Waals surface area contributed by atoms with Crippen LogP contribution >= 0.6 is 0 Å². The smallest absolute Gasteiger partial charge is 0.271 e. The van der Waals surface area contributed by atoms with E-state index < -0.39 is 0 Å². The highest BCUT2D eigenvalue weighted by Gasteiger charge is 2.26. The van der Waals surface area contributed by atoms with Crippen LogP contribution < -0.4 is 5.32 Å². The topological polar surface area (TPSA) is 83.9 Å². The van der Waals surface area contributed by atoms with Gasteiger partial charge < -0.3 is 5.32 Å². The lowest BCUT2D eigenvalue weighted by atomic mass is 10.1. The molecule has 3 heterocycles. The minimum Gasteiger partial charge on any atom is -0.346 e. The monoisotopic (exact) mass is 326 g/mol. The fourth-order valence-corrected chi connectivity index (χ4v) is 2.97. The van der Waals surface area contributed by atoms with Crippen LogP contribution in [0.15, 0.2) is 18.6 Å². The third kappa shape index (κ3) is 3.56. The van der Waals surface area contributed by atoms with Crippen molar-refractivity contribution >= 4 is 5.91 Å². The fourth-order valence-electron chi connectivity index (χ4n) is 2.97. The minimum absolute atomic E-state index is 0.242. The van der Waals surface area contributed by atoms with Crippen LogP contribution in [0.1, 0.15) is 52.1 Å². The van der Waals surface area contributed by atoms with Crippen molar-refractivity contribution in [2.45, 2.75) is 39.3 Å². The zero-order valence-electron chi connectivity index (χ0n) is 14.3. The van der Waals surface area contributed by atoms with Crippen molar-refractivity contribution in [1.82, 2.24) is 30.2 Å². The van der Waals surface area contributed by atoms with E-state index in [0.717, 1.165) is 42.2 Å². The van der Waals surface area contributed by atoms with E-state index >= 15 is 0 Å². The van der Waals surface area contributed by atoms with Crippen LogP contribution in [-0.2, 0) is 6.54 Å². The van der Waals surface area contributed by atoms with Gasteiger partial charge in [-0.25, -0.2) is 15.0 Å². The highest BCUT2D eigenvalue weighted by molar-refractivity contribution is 5.91. The van der Waals surface area contributed by atoms with Gasteiger partial charge in [0.1, 0.15) is 11.5 Å². The first-order valence-electron chi connectivity index (χ1n) is 8.14. The average molecular weight is 326 g/mol. The maximum Gasteiger partial charge on any atom is 0.271 e. The van der Waals surface area contributed by atoms with Gasteiger partial charge in [0.15, 0.2) is 0 Å². The number of carbonyl (C=O) groups is 1. The Morgan fingerprint density at radius 1 is 1.25 bits per heavy atom. The summed E-state index contributed by atoms with van der Waals surface area (Å²) < 4.78 is 0. The molecule has 2 aromatic rings. The fraction of sp³-hybridized carbons (Fsp3) is 0.471. The molecule has 1 fully saturated rings. The molecule has 1 amide bonds. The number of rotatable bonds is 4. The molecule has 1 N–H and O–H groups in total. The lowest BCUT2D eigenvalue weighted by Crippen LogP contribution is -2.27. The van der Waals surface area contributed by atoms with Gasteiger partial charge >= 0.3 is 0 Å². The van der Waals surface area contributed by atoms with Gasteiger partial charge in [-0.1, -0.05) is 0 Å². The van der Waals surface area contributed by atoms with E-state index in [1.807, 2.05) is 20.0 Å². The predicted molar refractivity (Wildman–Crippen MR) is 89.3 cm³/mol. The van der Waals surface area contributed by atoms with Crippen molar-refractivity contribution in [3.63, 3.8) is 0 Å². The molecule has 0 saturated carbocycles. The highest BCUT2D eigenvalue weighted by Crippen LogP contribution is 2.30. The molecule has 1 atom stereocenters. The van der Waals surface area contributed by atoms with Gasteiger partial charge in [0.05, 0.1) is 23.6 Å². The number of likely N-dealkylation sites (tertiary alicyclic amines) is 1. The molecule has 0 aliphatic carbocycles. The van der Waals surface area contributed by atoms with Gasteiger partial charge in [-0.3, -0.25) is 14.7 Å². The Balaban J connectivity index is 1.75. The Bertz CT molecular complexity index is 730. The maximum atomic E-state index is 12.2. The van der Waals surface area contributed by atoms with E-state index in [1.54, 1.807) is 6.20 Å². The normalized spacial score (nSPS) is 17.9. The van der Waals surface area contributed by atoms with Crippen molar-refractivity contribution in [2.24, 2.45) is 0 Å². The van der Waals surface area contributed by atoms with Crippen molar-refractivity contribution in [1.29, 1.82) is 0 Å². The molecule has 0 unspecified atom stereocenters. The molecule has 0 spiro atoms. The number of amides is 1. The Labute approximate surface area is 141 Å². The standard InChI is InChI=1S/C17H22N6O/c1-11-7-20-14(10-18-11)17(24)21-9-13-8-19-12(2)22-16(13)15-5-4-6-23(15)3/h7-8,10,15H,4-6,9H2,1-3H3,(H,21,24)/t15-/m0/s1. The summed E-state index contributed by atoms with van der Waals surface area (Å²) in [7, 11) is 2.11. The van der Waals surface area contributed by atoms with Gasteiger partial charge in [0.25, 0.3) is 5.91 Å². The SMILES string of the molecule is Cc1cnc(C(=O)NCc2cnc(C)nc2[C@@H]2CCCN2C)cn1. The second-order valence-corrected chi connectivity index (χ2v) is 6.19. The molecule has 7 nitrogen and oxygen atoms in total. The molecule has 3 rings (SSSR count). The van der Waals surface area contributed by atoms with Crippen molar-refractivity contribution in [3.05, 3.63) is 47.1 Å². The first-order valence-corrected chi connectivity index (χ1v) is 8.14. The zero-order valence-corrected chi connectivity index (χ0v) is 14.3. The Kier molecular flexibility index (Phi) is 4.80. The molecular weight excluding hydrogens is 304 g/mol. The molecule has 0 radical (unpaired) electrons. The summed E-state index contributed by atoms with van der Waals surface area (Å²) in [4.78, 5) is 31.7. The van der Waals surface area contributed by atoms with Crippen LogP contribution in [0.25, 0.3) is 0 Å². The van der Waals surface area contributed by atoms with E-state index in [2.05, 4.69) is 37.2 Å². The molecular formula is C17H22N6O. The van der Waals surface area contributed by atoms with Gasteiger partial charge in [-0.15, -0.1) is 0 Å². The van der Waals surface area contributed by atoms with Crippen molar-refractivity contribution < 1.29 is 4.79 Å². The van der Waals surface area contributed by atoms with Gasteiger partial charge in [-0.05, 0) is 40.3 Å². The van der Waals surface area contributed by atoms with Crippen LogP contribution in [0.5, 0.6) is 0 Å². The quantitative estimate of drug-likeness (QED) is 0.918. The van der Waals surface area contributed by atoms with E-state index in [-0.39, 0.29) is 11.9 Å². The van der Waals surface area contributed by atoms with Crippen LogP contribution in [0.2, 0.25) is 0 Å². The van der Waals surface area contributed by atoms with E-state index in [0.29, 0.717) is 12.2 Å². The molecule has 1 aliphatic heterocycles. The summed E-state index contributed by atoms with van der Waals surface area (Å²) in [6.07, 6.45) is 7.13. The molecule has 2 aromatic heterocycles. The van der Waals surface area contributed by atoms with Crippen LogP contribution in [0.4, 0.5) is 0 Å². The van der Waals surface area contributed by atoms with Gasteiger partial charge in [-0.2, -0.15) is 0 Å². The zero-order chi connectivity index (χ0) is 17.1. The first kappa shape index (κ1) is 16.4. The number of nitrogens with one attached hydrogen (secondary N) is 1. The largest absolute Gasteiger partial charge is 0.346 e. The number of hydrogen-bond acceptors (Lipinski definition) is 6. The molecule has 7 heteroatoms. The lowest BCUT2D eigenvalue weighted by Gasteiger charge is -2.21.